The predicted octanol–water partition coefficient (Wildman–Crippen LogP) is 5.19. The zero-order valence-corrected chi connectivity index (χ0v) is 21.5. The quantitative estimate of drug-likeness (QED) is 0.355. The molecule has 10 heteroatoms. The number of carboxylic acid groups (broad SMARTS) is 1. The number of halogens is 2. The van der Waals surface area contributed by atoms with Crippen LogP contribution in [-0.4, -0.2) is 41.1 Å². The van der Waals surface area contributed by atoms with E-state index < -0.39 is 36.0 Å². The van der Waals surface area contributed by atoms with Crippen LogP contribution < -0.4 is 5.32 Å². The van der Waals surface area contributed by atoms with Gasteiger partial charge in [0.2, 0.25) is 12.2 Å². The predicted molar refractivity (Wildman–Crippen MR) is 136 cm³/mol. The minimum Gasteiger partial charge on any atom is -0.478 e. The van der Waals surface area contributed by atoms with E-state index in [9.17, 15) is 24.3 Å². The average molecular weight is 575 g/mol. The lowest BCUT2D eigenvalue weighted by atomic mass is 10.1. The number of anilines is 1. The lowest BCUT2D eigenvalue weighted by molar-refractivity contribution is -0.157. The number of aryl methyl sites for hydroxylation is 2. The smallest absolute Gasteiger partial charge is 0.349 e. The molecule has 3 rings (SSSR count). The van der Waals surface area contributed by atoms with Crippen molar-refractivity contribution < 1.29 is 33.8 Å². The first kappa shape index (κ1) is 26.9. The van der Waals surface area contributed by atoms with Gasteiger partial charge in [-0.25, -0.2) is 14.4 Å². The van der Waals surface area contributed by atoms with E-state index in [1.165, 1.54) is 36.4 Å². The highest BCUT2D eigenvalue weighted by Gasteiger charge is 2.41. The van der Waals surface area contributed by atoms with Gasteiger partial charge in [0.25, 0.3) is 5.91 Å². The molecule has 0 heterocycles. The molecule has 0 bridgehead atoms. The fourth-order valence-corrected chi connectivity index (χ4v) is 3.62. The molecule has 3 aromatic carbocycles. The van der Waals surface area contributed by atoms with E-state index >= 15 is 0 Å². The molecule has 36 heavy (non-hydrogen) atoms. The molecule has 0 radical (unpaired) electrons. The molecule has 1 amide bonds. The molecule has 2 N–H and O–H groups in total. The van der Waals surface area contributed by atoms with Gasteiger partial charge in [-0.15, -0.1) is 0 Å². The molecule has 0 fully saturated rings. The van der Waals surface area contributed by atoms with E-state index in [-0.39, 0.29) is 21.8 Å². The molecule has 0 aromatic heterocycles. The largest absolute Gasteiger partial charge is 0.478 e. The number of hydrogen-bond acceptors (Lipinski definition) is 6. The molecule has 0 saturated carbocycles. The van der Waals surface area contributed by atoms with E-state index in [2.05, 4.69) is 21.2 Å². The molecule has 186 valence electrons. The summed E-state index contributed by atoms with van der Waals surface area (Å²) in [7, 11) is 0. The van der Waals surface area contributed by atoms with E-state index in [4.69, 9.17) is 21.1 Å². The van der Waals surface area contributed by atoms with Crippen LogP contribution in [0.15, 0.2) is 71.2 Å². The van der Waals surface area contributed by atoms with E-state index in [1.807, 2.05) is 0 Å². The van der Waals surface area contributed by atoms with Crippen molar-refractivity contribution in [2.75, 3.05) is 5.32 Å². The number of aliphatic carboxylic acids is 1. The van der Waals surface area contributed by atoms with Crippen molar-refractivity contribution in [1.82, 2.24) is 0 Å². The molecule has 0 unspecified atom stereocenters. The Morgan fingerprint density at radius 2 is 1.36 bits per heavy atom. The summed E-state index contributed by atoms with van der Waals surface area (Å²) in [5.41, 5.74) is 1.86. The van der Waals surface area contributed by atoms with Crippen molar-refractivity contribution in [2.24, 2.45) is 0 Å². The average Bonchev–Trinajstić information content (AvgIpc) is 2.83. The third-order valence-corrected chi connectivity index (χ3v) is 6.17. The van der Waals surface area contributed by atoms with Gasteiger partial charge in [0.05, 0.1) is 16.1 Å². The van der Waals surface area contributed by atoms with Crippen molar-refractivity contribution in [3.8, 4) is 0 Å². The zero-order chi connectivity index (χ0) is 26.4. The molecule has 0 aliphatic carbocycles. The number of amides is 1. The Balaban J connectivity index is 1.93. The second-order valence-electron chi connectivity index (χ2n) is 7.85. The highest BCUT2D eigenvalue weighted by Crippen LogP contribution is 2.26. The monoisotopic (exact) mass is 573 g/mol. The summed E-state index contributed by atoms with van der Waals surface area (Å²) >= 11 is 9.31. The number of rotatable bonds is 8. The van der Waals surface area contributed by atoms with Crippen LogP contribution in [0.25, 0.3) is 0 Å². The van der Waals surface area contributed by atoms with Gasteiger partial charge in [0, 0.05) is 10.2 Å². The first-order valence-corrected chi connectivity index (χ1v) is 11.8. The first-order valence-electron chi connectivity index (χ1n) is 10.6. The second-order valence-corrected chi connectivity index (χ2v) is 9.11. The number of esters is 2. The lowest BCUT2D eigenvalue weighted by Gasteiger charge is -2.23. The SMILES string of the molecule is Cc1cccc(C(=O)O[C@H](C(=O)O)[C@H](OC(=O)c2cccc(C)c2)C(=O)Nc2ccc(Br)c(Cl)c2)c1. The van der Waals surface area contributed by atoms with Crippen molar-refractivity contribution in [2.45, 2.75) is 26.1 Å². The molecular weight excluding hydrogens is 554 g/mol. The van der Waals surface area contributed by atoms with Crippen LogP contribution >= 0.6 is 27.5 Å². The molecule has 8 nitrogen and oxygen atoms in total. The highest BCUT2D eigenvalue weighted by atomic mass is 79.9. The molecular formula is C26H21BrClNO7. The van der Waals surface area contributed by atoms with Crippen molar-refractivity contribution in [3.63, 3.8) is 0 Å². The van der Waals surface area contributed by atoms with Gasteiger partial charge in [0.1, 0.15) is 0 Å². The number of carbonyl (C=O) groups is 4. The summed E-state index contributed by atoms with van der Waals surface area (Å²) in [6, 6.07) is 17.1. The topological polar surface area (TPSA) is 119 Å². The maximum Gasteiger partial charge on any atom is 0.349 e. The third kappa shape index (κ3) is 6.93. The number of benzene rings is 3. The van der Waals surface area contributed by atoms with E-state index in [0.717, 1.165) is 11.1 Å². The van der Waals surface area contributed by atoms with Gasteiger partial charge >= 0.3 is 17.9 Å². The number of carboxylic acids is 1. The third-order valence-electron chi connectivity index (χ3n) is 4.94. The minimum absolute atomic E-state index is 0.0742. The summed E-state index contributed by atoms with van der Waals surface area (Å²) in [5.74, 6) is -4.67. The van der Waals surface area contributed by atoms with Gasteiger partial charge in [-0.3, -0.25) is 4.79 Å². The summed E-state index contributed by atoms with van der Waals surface area (Å²) in [6.45, 7) is 3.50. The van der Waals surface area contributed by atoms with Crippen LogP contribution in [0.3, 0.4) is 0 Å². The number of ether oxygens (including phenoxy) is 2. The Morgan fingerprint density at radius 1 is 0.833 bits per heavy atom. The molecule has 0 saturated heterocycles. The number of carbonyl (C=O) groups excluding carboxylic acids is 3. The van der Waals surface area contributed by atoms with Crippen LogP contribution in [0.5, 0.6) is 0 Å². The fourth-order valence-electron chi connectivity index (χ4n) is 3.19. The van der Waals surface area contributed by atoms with Crippen molar-refractivity contribution in [3.05, 3.63) is 98.5 Å². The summed E-state index contributed by atoms with van der Waals surface area (Å²) in [6.07, 6.45) is -4.16. The highest BCUT2D eigenvalue weighted by molar-refractivity contribution is 9.10. The Labute approximate surface area is 220 Å². The van der Waals surface area contributed by atoms with Crippen LogP contribution in [0.4, 0.5) is 5.69 Å². The minimum atomic E-state index is -2.14. The van der Waals surface area contributed by atoms with Gasteiger partial charge in [-0.1, -0.05) is 47.0 Å². The van der Waals surface area contributed by atoms with Gasteiger partial charge in [0.15, 0.2) is 0 Å². The molecule has 0 aliphatic rings. The van der Waals surface area contributed by atoms with Crippen LogP contribution in [0, 0.1) is 13.8 Å². The summed E-state index contributed by atoms with van der Waals surface area (Å²) < 4.78 is 11.0. The van der Waals surface area contributed by atoms with Gasteiger partial charge in [-0.2, -0.15) is 0 Å². The Bertz CT molecular complexity index is 1330. The van der Waals surface area contributed by atoms with Crippen LogP contribution in [0.1, 0.15) is 31.8 Å². The molecule has 0 spiro atoms. The number of nitrogens with one attached hydrogen (secondary N) is 1. The maximum atomic E-state index is 13.2. The fraction of sp³-hybridized carbons (Fsp3) is 0.154. The van der Waals surface area contributed by atoms with Crippen LogP contribution in [-0.2, 0) is 19.1 Å². The van der Waals surface area contributed by atoms with Crippen LogP contribution in [0.2, 0.25) is 5.02 Å². The molecule has 3 aromatic rings. The Morgan fingerprint density at radius 3 is 1.83 bits per heavy atom. The van der Waals surface area contributed by atoms with Crippen molar-refractivity contribution >= 4 is 57.0 Å². The van der Waals surface area contributed by atoms with Crippen molar-refractivity contribution in [1.29, 1.82) is 0 Å². The normalized spacial score (nSPS) is 12.2. The maximum absolute atomic E-state index is 13.2. The lowest BCUT2D eigenvalue weighted by Crippen LogP contribution is -2.48. The second kappa shape index (κ2) is 11.8. The first-order chi connectivity index (χ1) is 17.0. The van der Waals surface area contributed by atoms with Gasteiger partial charge < -0.3 is 19.9 Å². The summed E-state index contributed by atoms with van der Waals surface area (Å²) in [4.78, 5) is 50.8. The standard InChI is InChI=1S/C26H21BrClNO7/c1-14-5-3-7-16(11-14)25(33)35-21(23(30)29-18-9-10-19(27)20(28)13-18)22(24(31)32)36-26(34)17-8-4-6-15(2)12-17/h3-13,21-22H,1-2H3,(H,29,30)(H,31,32)/t21-,22-/m0/s1. The van der Waals surface area contributed by atoms with E-state index in [1.54, 1.807) is 44.2 Å². The number of hydrogen-bond donors (Lipinski definition) is 2. The molecule has 2 atom stereocenters. The van der Waals surface area contributed by atoms with E-state index in [0.29, 0.717) is 4.47 Å². The Hall–Kier alpha value is -3.69. The van der Waals surface area contributed by atoms with Gasteiger partial charge in [-0.05, 0) is 72.2 Å². The molecule has 0 aliphatic heterocycles. The summed E-state index contributed by atoms with van der Waals surface area (Å²) in [5, 5.41) is 12.6. The zero-order valence-electron chi connectivity index (χ0n) is 19.2. The Kier molecular flexibility index (Phi) is 8.84.